The number of allylic oxidation sites excluding steroid dienone is 2. The van der Waals surface area contributed by atoms with Gasteiger partial charge in [0.15, 0.2) is 6.17 Å². The first-order valence-corrected chi connectivity index (χ1v) is 4.99. The van der Waals surface area contributed by atoms with Crippen LogP contribution in [0, 0.1) is 23.7 Å². The molecule has 0 nitrogen and oxygen atoms in total. The summed E-state index contributed by atoms with van der Waals surface area (Å²) in [6, 6.07) is 0. The molecule has 0 bridgehead atoms. The van der Waals surface area contributed by atoms with E-state index in [1.54, 1.807) is 0 Å². The Hall–Kier alpha value is -0.770. The SMILES string of the molecule is CC/C1=C/C(C)C(C)CC(F)C#C1. The van der Waals surface area contributed by atoms with Gasteiger partial charge in [0.05, 0.1) is 0 Å². The maximum absolute atomic E-state index is 13.2. The maximum Gasteiger partial charge on any atom is 0.161 e. The Labute approximate surface area is 80.2 Å². The molecular formula is C12H17F. The first-order chi connectivity index (χ1) is 6.13. The molecule has 3 unspecified atom stereocenters. The molecule has 0 saturated heterocycles. The lowest BCUT2D eigenvalue weighted by molar-refractivity contribution is 0.305. The lowest BCUT2D eigenvalue weighted by Gasteiger charge is -2.19. The fourth-order valence-corrected chi connectivity index (χ4v) is 1.50. The number of halogens is 1. The highest BCUT2D eigenvalue weighted by molar-refractivity contribution is 5.31. The Kier molecular flexibility index (Phi) is 3.54. The predicted octanol–water partition coefficient (Wildman–Crippen LogP) is 3.34. The first-order valence-electron chi connectivity index (χ1n) is 4.99. The molecule has 0 heterocycles. The van der Waals surface area contributed by atoms with Crippen molar-refractivity contribution >= 4 is 0 Å². The van der Waals surface area contributed by atoms with Crippen LogP contribution in [0.4, 0.5) is 4.39 Å². The summed E-state index contributed by atoms with van der Waals surface area (Å²) in [7, 11) is 0. The van der Waals surface area contributed by atoms with E-state index in [0.29, 0.717) is 18.3 Å². The number of rotatable bonds is 1. The van der Waals surface area contributed by atoms with E-state index in [0.717, 1.165) is 12.0 Å². The van der Waals surface area contributed by atoms with Crippen LogP contribution in [0.5, 0.6) is 0 Å². The molecular weight excluding hydrogens is 163 g/mol. The van der Waals surface area contributed by atoms with Crippen molar-refractivity contribution in [2.24, 2.45) is 11.8 Å². The van der Waals surface area contributed by atoms with Crippen molar-refractivity contribution in [2.45, 2.75) is 39.8 Å². The molecule has 1 heteroatoms. The maximum atomic E-state index is 13.2. The summed E-state index contributed by atoms with van der Waals surface area (Å²) in [5, 5.41) is 0. The number of hydrogen-bond acceptors (Lipinski definition) is 0. The van der Waals surface area contributed by atoms with Crippen LogP contribution >= 0.6 is 0 Å². The van der Waals surface area contributed by atoms with Crippen LogP contribution in [0.1, 0.15) is 33.6 Å². The van der Waals surface area contributed by atoms with Crippen molar-refractivity contribution < 1.29 is 4.39 Å². The average Bonchev–Trinajstić information content (AvgIpc) is 2.09. The van der Waals surface area contributed by atoms with Gasteiger partial charge in [-0.1, -0.05) is 38.7 Å². The molecule has 0 aliphatic heterocycles. The summed E-state index contributed by atoms with van der Waals surface area (Å²) in [5.74, 6) is 6.40. The third kappa shape index (κ3) is 2.88. The minimum absolute atomic E-state index is 0.395. The molecule has 3 atom stereocenters. The average molecular weight is 180 g/mol. The molecule has 0 radical (unpaired) electrons. The molecule has 1 aliphatic carbocycles. The number of hydrogen-bond donors (Lipinski definition) is 0. The second-order valence-corrected chi connectivity index (χ2v) is 3.85. The van der Waals surface area contributed by atoms with E-state index in [4.69, 9.17) is 0 Å². The van der Waals surface area contributed by atoms with Gasteiger partial charge < -0.3 is 0 Å². The molecule has 0 fully saturated rings. The van der Waals surface area contributed by atoms with E-state index < -0.39 is 6.17 Å². The molecule has 0 spiro atoms. The van der Waals surface area contributed by atoms with Crippen molar-refractivity contribution in [1.29, 1.82) is 0 Å². The molecule has 0 amide bonds. The highest BCUT2D eigenvalue weighted by Crippen LogP contribution is 2.23. The van der Waals surface area contributed by atoms with Gasteiger partial charge in [-0.05, 0) is 30.3 Å². The van der Waals surface area contributed by atoms with Crippen LogP contribution in [0.2, 0.25) is 0 Å². The van der Waals surface area contributed by atoms with Gasteiger partial charge in [0.2, 0.25) is 0 Å². The Morgan fingerprint density at radius 1 is 1.54 bits per heavy atom. The van der Waals surface area contributed by atoms with Crippen LogP contribution in [-0.4, -0.2) is 6.17 Å². The number of alkyl halides is 1. The van der Waals surface area contributed by atoms with Gasteiger partial charge in [0, 0.05) is 0 Å². The molecule has 0 aromatic carbocycles. The van der Waals surface area contributed by atoms with Gasteiger partial charge in [0.25, 0.3) is 0 Å². The van der Waals surface area contributed by atoms with Crippen molar-refractivity contribution in [1.82, 2.24) is 0 Å². The highest BCUT2D eigenvalue weighted by atomic mass is 19.1. The molecule has 72 valence electrons. The zero-order chi connectivity index (χ0) is 9.84. The van der Waals surface area contributed by atoms with E-state index in [2.05, 4.69) is 38.7 Å². The van der Waals surface area contributed by atoms with Gasteiger partial charge in [-0.15, -0.1) is 0 Å². The molecule has 1 rings (SSSR count). The summed E-state index contributed by atoms with van der Waals surface area (Å²) in [6.45, 7) is 6.29. The van der Waals surface area contributed by atoms with Gasteiger partial charge in [-0.25, -0.2) is 4.39 Å². The molecule has 13 heavy (non-hydrogen) atoms. The van der Waals surface area contributed by atoms with E-state index >= 15 is 0 Å². The van der Waals surface area contributed by atoms with E-state index in [1.807, 2.05) is 0 Å². The Bertz CT molecular complexity index is 254. The van der Waals surface area contributed by atoms with Crippen molar-refractivity contribution in [3.63, 3.8) is 0 Å². The monoisotopic (exact) mass is 180 g/mol. The standard InChI is InChI=1S/C12H17F/c1-4-11-5-6-12(13)8-10(3)9(2)7-11/h7,9-10,12H,4,8H2,1-3H3/b11-7-. The van der Waals surface area contributed by atoms with Crippen molar-refractivity contribution in [3.8, 4) is 11.8 Å². The Balaban J connectivity index is 2.86. The van der Waals surface area contributed by atoms with Crippen LogP contribution in [0.15, 0.2) is 11.6 Å². The minimum atomic E-state index is -0.937. The topological polar surface area (TPSA) is 0 Å². The van der Waals surface area contributed by atoms with E-state index in [9.17, 15) is 4.39 Å². The molecule has 0 N–H and O–H groups in total. The smallest absolute Gasteiger partial charge is 0.161 e. The summed E-state index contributed by atoms with van der Waals surface area (Å²) in [4.78, 5) is 0. The van der Waals surface area contributed by atoms with Gasteiger partial charge in [-0.2, -0.15) is 0 Å². The normalized spacial score (nSPS) is 37.8. The van der Waals surface area contributed by atoms with Crippen LogP contribution in [0.3, 0.4) is 0 Å². The largest absolute Gasteiger partial charge is 0.233 e. The lowest BCUT2D eigenvalue weighted by Crippen LogP contribution is -2.13. The van der Waals surface area contributed by atoms with Crippen LogP contribution in [-0.2, 0) is 0 Å². The molecule has 0 aromatic heterocycles. The Morgan fingerprint density at radius 3 is 2.85 bits per heavy atom. The summed E-state index contributed by atoms with van der Waals surface area (Å²) in [5.41, 5.74) is 1.08. The third-order valence-corrected chi connectivity index (χ3v) is 2.71. The lowest BCUT2D eigenvalue weighted by atomic mass is 9.87. The molecule has 0 aromatic rings. The zero-order valence-corrected chi connectivity index (χ0v) is 8.60. The fraction of sp³-hybridized carbons (Fsp3) is 0.667. The first kappa shape index (κ1) is 10.3. The fourth-order valence-electron chi connectivity index (χ4n) is 1.50. The van der Waals surface area contributed by atoms with Gasteiger partial charge >= 0.3 is 0 Å². The highest BCUT2D eigenvalue weighted by Gasteiger charge is 2.16. The quantitative estimate of drug-likeness (QED) is 0.543. The molecule has 0 saturated carbocycles. The third-order valence-electron chi connectivity index (χ3n) is 2.71. The second-order valence-electron chi connectivity index (χ2n) is 3.85. The second kappa shape index (κ2) is 4.46. The van der Waals surface area contributed by atoms with Gasteiger partial charge in [0.1, 0.15) is 0 Å². The van der Waals surface area contributed by atoms with Crippen molar-refractivity contribution in [2.75, 3.05) is 0 Å². The van der Waals surface area contributed by atoms with Gasteiger partial charge in [-0.3, -0.25) is 0 Å². The van der Waals surface area contributed by atoms with Crippen LogP contribution in [0.25, 0.3) is 0 Å². The van der Waals surface area contributed by atoms with Crippen LogP contribution < -0.4 is 0 Å². The predicted molar refractivity (Wildman–Crippen MR) is 54.0 cm³/mol. The van der Waals surface area contributed by atoms with E-state index in [-0.39, 0.29) is 0 Å². The summed E-state index contributed by atoms with van der Waals surface area (Å²) in [6.07, 6.45) is 2.73. The Morgan fingerprint density at radius 2 is 2.23 bits per heavy atom. The minimum Gasteiger partial charge on any atom is -0.233 e. The summed E-state index contributed by atoms with van der Waals surface area (Å²) < 4.78 is 13.2. The molecule has 1 aliphatic rings. The van der Waals surface area contributed by atoms with Crippen molar-refractivity contribution in [3.05, 3.63) is 11.6 Å². The zero-order valence-electron chi connectivity index (χ0n) is 8.60. The van der Waals surface area contributed by atoms with E-state index in [1.165, 1.54) is 0 Å². The summed E-state index contributed by atoms with van der Waals surface area (Å²) >= 11 is 0.